The molecular weight excluding hydrogens is 274 g/mol. The van der Waals surface area contributed by atoms with Crippen LogP contribution in [0.15, 0.2) is 59.6 Å². The van der Waals surface area contributed by atoms with Crippen LogP contribution in [0.2, 0.25) is 5.02 Å². The Morgan fingerprint density at radius 1 is 1.10 bits per heavy atom. The molecule has 0 aliphatic heterocycles. The maximum atomic E-state index is 5.79. The van der Waals surface area contributed by atoms with Crippen LogP contribution in [0.25, 0.3) is 0 Å². The third kappa shape index (κ3) is 4.82. The lowest BCUT2D eigenvalue weighted by Crippen LogP contribution is -2.23. The van der Waals surface area contributed by atoms with E-state index in [0.29, 0.717) is 24.1 Å². The molecule has 104 valence electrons. The van der Waals surface area contributed by atoms with Crippen molar-refractivity contribution < 1.29 is 4.74 Å². The van der Waals surface area contributed by atoms with Gasteiger partial charge in [0.15, 0.2) is 5.96 Å². The smallest absolute Gasteiger partial charge is 0.193 e. The number of nitrogens with one attached hydrogen (secondary N) is 1. The van der Waals surface area contributed by atoms with E-state index in [2.05, 4.69) is 10.3 Å². The molecule has 2 rings (SSSR count). The molecule has 0 aromatic heterocycles. The molecule has 2 aromatic carbocycles. The van der Waals surface area contributed by atoms with Crippen molar-refractivity contribution in [2.45, 2.75) is 0 Å². The fourth-order valence-corrected chi connectivity index (χ4v) is 1.70. The highest BCUT2D eigenvalue weighted by atomic mass is 35.5. The number of hydrogen-bond donors (Lipinski definition) is 2. The Balaban J connectivity index is 1.74. The molecule has 3 N–H and O–H groups in total. The van der Waals surface area contributed by atoms with Crippen LogP contribution in [0.3, 0.4) is 0 Å². The third-order valence-electron chi connectivity index (χ3n) is 2.50. The predicted molar refractivity (Wildman–Crippen MR) is 83.5 cm³/mol. The minimum absolute atomic E-state index is 0.371. The van der Waals surface area contributed by atoms with Gasteiger partial charge in [0.25, 0.3) is 0 Å². The SMILES string of the molecule is NC(=NCCOc1ccc(Cl)cc1)Nc1ccccc1. The summed E-state index contributed by atoms with van der Waals surface area (Å²) < 4.78 is 5.51. The minimum Gasteiger partial charge on any atom is -0.492 e. The topological polar surface area (TPSA) is 59.6 Å². The second-order valence-corrected chi connectivity index (χ2v) is 4.50. The maximum Gasteiger partial charge on any atom is 0.193 e. The molecule has 0 atom stereocenters. The van der Waals surface area contributed by atoms with Gasteiger partial charge in [0.2, 0.25) is 0 Å². The first-order valence-corrected chi connectivity index (χ1v) is 6.62. The van der Waals surface area contributed by atoms with Gasteiger partial charge in [-0.25, -0.2) is 4.99 Å². The molecule has 0 spiro atoms. The number of para-hydroxylation sites is 1. The van der Waals surface area contributed by atoms with Gasteiger partial charge < -0.3 is 15.8 Å². The van der Waals surface area contributed by atoms with Crippen molar-refractivity contribution in [3.05, 3.63) is 59.6 Å². The summed E-state index contributed by atoms with van der Waals surface area (Å²) in [6.07, 6.45) is 0. The average molecular weight is 290 g/mol. The van der Waals surface area contributed by atoms with E-state index >= 15 is 0 Å². The lowest BCUT2D eigenvalue weighted by Gasteiger charge is -2.06. The average Bonchev–Trinajstić information content (AvgIpc) is 2.46. The Morgan fingerprint density at radius 3 is 2.50 bits per heavy atom. The first-order chi connectivity index (χ1) is 9.74. The van der Waals surface area contributed by atoms with Crippen molar-refractivity contribution in [3.8, 4) is 5.75 Å². The van der Waals surface area contributed by atoms with Gasteiger partial charge >= 0.3 is 0 Å². The Bertz CT molecular complexity index is 555. The van der Waals surface area contributed by atoms with Crippen LogP contribution in [0.5, 0.6) is 5.75 Å². The number of nitrogens with two attached hydrogens (primary N) is 1. The highest BCUT2D eigenvalue weighted by molar-refractivity contribution is 6.30. The molecule has 5 heteroatoms. The summed E-state index contributed by atoms with van der Waals surface area (Å²) in [4.78, 5) is 4.18. The lowest BCUT2D eigenvalue weighted by molar-refractivity contribution is 0.329. The summed E-state index contributed by atoms with van der Waals surface area (Å²) >= 11 is 5.79. The van der Waals surface area contributed by atoms with Crippen LogP contribution < -0.4 is 15.8 Å². The van der Waals surface area contributed by atoms with E-state index in [0.717, 1.165) is 11.4 Å². The number of rotatable bonds is 5. The number of ether oxygens (including phenoxy) is 1. The number of aliphatic imine (C=N–C) groups is 1. The molecule has 0 amide bonds. The van der Waals surface area contributed by atoms with E-state index in [1.807, 2.05) is 42.5 Å². The third-order valence-corrected chi connectivity index (χ3v) is 2.75. The molecule has 0 unspecified atom stereocenters. The second-order valence-electron chi connectivity index (χ2n) is 4.06. The number of hydrogen-bond acceptors (Lipinski definition) is 2. The van der Waals surface area contributed by atoms with Crippen LogP contribution in [0.1, 0.15) is 0 Å². The van der Waals surface area contributed by atoms with E-state index in [1.54, 1.807) is 12.1 Å². The summed E-state index contributed by atoms with van der Waals surface area (Å²) in [5, 5.41) is 3.69. The summed E-state index contributed by atoms with van der Waals surface area (Å²) in [7, 11) is 0. The van der Waals surface area contributed by atoms with Crippen molar-refractivity contribution in [3.63, 3.8) is 0 Å². The molecular formula is C15H16ClN3O. The fourth-order valence-electron chi connectivity index (χ4n) is 1.57. The van der Waals surface area contributed by atoms with Crippen molar-refractivity contribution >= 4 is 23.2 Å². The van der Waals surface area contributed by atoms with Gasteiger partial charge in [0.1, 0.15) is 12.4 Å². The number of guanidine groups is 1. The van der Waals surface area contributed by atoms with Gasteiger partial charge in [-0.2, -0.15) is 0 Å². The Labute approximate surface area is 123 Å². The van der Waals surface area contributed by atoms with E-state index in [9.17, 15) is 0 Å². The fraction of sp³-hybridized carbons (Fsp3) is 0.133. The predicted octanol–water partition coefficient (Wildman–Crippen LogP) is 3.15. The quantitative estimate of drug-likeness (QED) is 0.505. The first-order valence-electron chi connectivity index (χ1n) is 6.24. The molecule has 0 radical (unpaired) electrons. The lowest BCUT2D eigenvalue weighted by atomic mass is 10.3. The normalized spacial score (nSPS) is 11.2. The molecule has 0 fully saturated rings. The van der Waals surface area contributed by atoms with Crippen molar-refractivity contribution in [2.24, 2.45) is 10.7 Å². The van der Waals surface area contributed by atoms with Crippen LogP contribution in [-0.4, -0.2) is 19.1 Å². The Kier molecular flexibility index (Phi) is 5.26. The molecule has 0 saturated heterocycles. The molecule has 0 bridgehead atoms. The Morgan fingerprint density at radius 2 is 1.80 bits per heavy atom. The molecule has 2 aromatic rings. The van der Waals surface area contributed by atoms with Gasteiger partial charge in [0.05, 0.1) is 6.54 Å². The minimum atomic E-state index is 0.371. The summed E-state index contributed by atoms with van der Waals surface area (Å²) in [6.45, 7) is 0.938. The van der Waals surface area contributed by atoms with Crippen LogP contribution in [-0.2, 0) is 0 Å². The van der Waals surface area contributed by atoms with Crippen molar-refractivity contribution in [2.75, 3.05) is 18.5 Å². The van der Waals surface area contributed by atoms with Crippen LogP contribution >= 0.6 is 11.6 Å². The number of anilines is 1. The van der Waals surface area contributed by atoms with Crippen LogP contribution in [0, 0.1) is 0 Å². The Hall–Kier alpha value is -2.20. The molecule has 0 aliphatic rings. The van der Waals surface area contributed by atoms with Gasteiger partial charge in [-0.3, -0.25) is 0 Å². The van der Waals surface area contributed by atoms with Gasteiger partial charge in [-0.1, -0.05) is 29.8 Å². The summed E-state index contributed by atoms with van der Waals surface area (Å²) in [5.41, 5.74) is 6.68. The van der Waals surface area contributed by atoms with Crippen LogP contribution in [0.4, 0.5) is 5.69 Å². The van der Waals surface area contributed by atoms with Crippen molar-refractivity contribution in [1.82, 2.24) is 0 Å². The maximum absolute atomic E-state index is 5.79. The van der Waals surface area contributed by atoms with Gasteiger partial charge in [0, 0.05) is 10.7 Å². The second kappa shape index (κ2) is 7.40. The largest absolute Gasteiger partial charge is 0.492 e. The van der Waals surface area contributed by atoms with E-state index < -0.39 is 0 Å². The molecule has 20 heavy (non-hydrogen) atoms. The molecule has 4 nitrogen and oxygen atoms in total. The zero-order chi connectivity index (χ0) is 14.2. The first kappa shape index (κ1) is 14.2. The molecule has 0 saturated carbocycles. The number of benzene rings is 2. The number of nitrogens with zero attached hydrogens (tertiary/aromatic N) is 1. The number of halogens is 1. The summed E-state index contributed by atoms with van der Waals surface area (Å²) in [5.74, 6) is 1.13. The molecule has 0 heterocycles. The van der Waals surface area contributed by atoms with Gasteiger partial charge in [-0.05, 0) is 36.4 Å². The van der Waals surface area contributed by atoms with E-state index in [4.69, 9.17) is 22.1 Å². The van der Waals surface area contributed by atoms with E-state index in [-0.39, 0.29) is 0 Å². The van der Waals surface area contributed by atoms with Gasteiger partial charge in [-0.15, -0.1) is 0 Å². The highest BCUT2D eigenvalue weighted by Crippen LogP contribution is 2.15. The van der Waals surface area contributed by atoms with Crippen molar-refractivity contribution in [1.29, 1.82) is 0 Å². The standard InChI is InChI=1S/C15H16ClN3O/c16-12-6-8-14(9-7-12)20-11-10-18-15(17)19-13-4-2-1-3-5-13/h1-9H,10-11H2,(H3,17,18,19). The highest BCUT2D eigenvalue weighted by Gasteiger charge is 1.95. The zero-order valence-corrected chi connectivity index (χ0v) is 11.7. The zero-order valence-electron chi connectivity index (χ0n) is 10.9. The monoisotopic (exact) mass is 289 g/mol. The summed E-state index contributed by atoms with van der Waals surface area (Å²) in [6, 6.07) is 16.8. The van der Waals surface area contributed by atoms with E-state index in [1.165, 1.54) is 0 Å². The molecule has 0 aliphatic carbocycles.